The van der Waals surface area contributed by atoms with Crippen LogP contribution in [0.5, 0.6) is 0 Å². The second kappa shape index (κ2) is 13.3. The summed E-state index contributed by atoms with van der Waals surface area (Å²) in [4.78, 5) is 2.47. The summed E-state index contributed by atoms with van der Waals surface area (Å²) in [6, 6.07) is 77.6. The molecule has 0 bridgehead atoms. The SMILES string of the molecule is CC1(C)c2ccccc2-c2ccc(N(c3ccc(-c4ccc5c(c4)c4c6ccc7cccc8ccc(cc4n5-c4ccccc4)c6c87)cc3)c3ccc4c(c3)C(C)(C)c3ccccc3-4)cc21. The number of hydrogen-bond acceptors (Lipinski definition) is 1. The maximum absolute atomic E-state index is 2.47. The molecule has 12 aromatic rings. The van der Waals surface area contributed by atoms with E-state index in [2.05, 4.69) is 243 Å². The molecule has 66 heavy (non-hydrogen) atoms. The van der Waals surface area contributed by atoms with E-state index in [0.29, 0.717) is 0 Å². The summed E-state index contributed by atoms with van der Waals surface area (Å²) in [6.07, 6.45) is 0. The van der Waals surface area contributed by atoms with Crippen molar-refractivity contribution in [3.8, 4) is 39.1 Å². The highest BCUT2D eigenvalue weighted by molar-refractivity contribution is 6.33. The fourth-order valence-corrected chi connectivity index (χ4v) is 12.3. The van der Waals surface area contributed by atoms with Crippen LogP contribution in [-0.2, 0) is 10.8 Å². The third kappa shape index (κ3) is 5.07. The predicted octanol–water partition coefficient (Wildman–Crippen LogP) is 17.4. The molecule has 0 amide bonds. The first-order valence-corrected chi connectivity index (χ1v) is 23.3. The monoisotopic (exact) mass is 842 g/mol. The Kier molecular flexibility index (Phi) is 7.55. The molecule has 0 radical (unpaired) electrons. The Balaban J connectivity index is 0.940. The number of para-hydroxylation sites is 1. The lowest BCUT2D eigenvalue weighted by atomic mass is 9.82. The van der Waals surface area contributed by atoms with Gasteiger partial charge in [0.25, 0.3) is 0 Å². The van der Waals surface area contributed by atoms with E-state index in [1.165, 1.54) is 115 Å². The zero-order valence-electron chi connectivity index (χ0n) is 37.5. The van der Waals surface area contributed by atoms with Crippen molar-refractivity contribution in [2.45, 2.75) is 38.5 Å². The van der Waals surface area contributed by atoms with Gasteiger partial charge in [0.1, 0.15) is 0 Å². The zero-order valence-corrected chi connectivity index (χ0v) is 37.5. The van der Waals surface area contributed by atoms with Crippen molar-refractivity contribution in [2.24, 2.45) is 0 Å². The minimum atomic E-state index is -0.114. The van der Waals surface area contributed by atoms with Crippen molar-refractivity contribution in [3.05, 3.63) is 229 Å². The third-order valence-electron chi connectivity index (χ3n) is 15.5. The van der Waals surface area contributed by atoms with Gasteiger partial charge in [-0.3, -0.25) is 0 Å². The summed E-state index contributed by atoms with van der Waals surface area (Å²) in [5, 5.41) is 10.4. The van der Waals surface area contributed by atoms with Crippen LogP contribution in [0, 0.1) is 0 Å². The van der Waals surface area contributed by atoms with Crippen molar-refractivity contribution >= 4 is 71.2 Å². The Bertz CT molecular complexity index is 3860. The quantitative estimate of drug-likeness (QED) is 0.157. The average molecular weight is 843 g/mol. The molecule has 0 spiro atoms. The molecule has 14 rings (SSSR count). The Morgan fingerprint density at radius 1 is 0.333 bits per heavy atom. The highest BCUT2D eigenvalue weighted by Crippen LogP contribution is 2.53. The Labute approximate surface area is 385 Å². The van der Waals surface area contributed by atoms with E-state index in [-0.39, 0.29) is 10.8 Å². The lowest BCUT2D eigenvalue weighted by molar-refractivity contribution is 0.660. The zero-order chi connectivity index (χ0) is 44.1. The summed E-state index contributed by atoms with van der Waals surface area (Å²) in [6.45, 7) is 9.49. The summed E-state index contributed by atoms with van der Waals surface area (Å²) in [5.41, 5.74) is 20.1. The van der Waals surface area contributed by atoms with Crippen molar-refractivity contribution in [1.29, 1.82) is 0 Å². The Morgan fingerprint density at radius 3 is 1.53 bits per heavy atom. The summed E-state index contributed by atoms with van der Waals surface area (Å²) in [7, 11) is 0. The van der Waals surface area contributed by atoms with Gasteiger partial charge in [-0.25, -0.2) is 0 Å². The van der Waals surface area contributed by atoms with E-state index in [0.717, 1.165) is 17.1 Å². The molecule has 0 unspecified atom stereocenters. The minimum absolute atomic E-state index is 0.114. The van der Waals surface area contributed by atoms with Gasteiger partial charge in [-0.05, 0) is 155 Å². The van der Waals surface area contributed by atoms with Crippen LogP contribution in [0.2, 0.25) is 0 Å². The number of anilines is 3. The first-order chi connectivity index (χ1) is 32.2. The van der Waals surface area contributed by atoms with Crippen LogP contribution in [0.25, 0.3) is 93.2 Å². The van der Waals surface area contributed by atoms with E-state index in [4.69, 9.17) is 0 Å². The molecule has 2 heteroatoms. The van der Waals surface area contributed by atoms with E-state index in [9.17, 15) is 0 Å². The van der Waals surface area contributed by atoms with Gasteiger partial charge in [0.2, 0.25) is 0 Å². The van der Waals surface area contributed by atoms with E-state index < -0.39 is 0 Å². The van der Waals surface area contributed by atoms with Gasteiger partial charge in [-0.15, -0.1) is 0 Å². The van der Waals surface area contributed by atoms with E-state index in [1.807, 2.05) is 0 Å². The van der Waals surface area contributed by atoms with Crippen molar-refractivity contribution < 1.29 is 0 Å². The molecule has 1 heterocycles. The largest absolute Gasteiger partial charge is 0.310 e. The maximum atomic E-state index is 2.47. The second-order valence-corrected chi connectivity index (χ2v) is 19.7. The van der Waals surface area contributed by atoms with Crippen molar-refractivity contribution in [2.75, 3.05) is 4.90 Å². The van der Waals surface area contributed by atoms with Crippen LogP contribution in [0.3, 0.4) is 0 Å². The molecule has 0 saturated heterocycles. The van der Waals surface area contributed by atoms with Gasteiger partial charge >= 0.3 is 0 Å². The van der Waals surface area contributed by atoms with Gasteiger partial charge in [0.05, 0.1) is 11.0 Å². The van der Waals surface area contributed by atoms with E-state index in [1.54, 1.807) is 0 Å². The molecule has 0 atom stereocenters. The number of fused-ring (bicyclic) bond motifs is 10. The number of benzene rings is 11. The van der Waals surface area contributed by atoms with Gasteiger partial charge in [-0.2, -0.15) is 0 Å². The molecule has 0 aliphatic heterocycles. The molecule has 1 aromatic heterocycles. The number of aromatic nitrogens is 1. The number of rotatable bonds is 5. The van der Waals surface area contributed by atoms with Crippen LogP contribution in [0.1, 0.15) is 49.9 Å². The average Bonchev–Trinajstić information content (AvgIpc) is 3.89. The lowest BCUT2D eigenvalue weighted by Gasteiger charge is -2.30. The van der Waals surface area contributed by atoms with Gasteiger partial charge in [-0.1, -0.05) is 167 Å². The van der Waals surface area contributed by atoms with Gasteiger partial charge < -0.3 is 9.47 Å². The highest BCUT2D eigenvalue weighted by Gasteiger charge is 2.38. The summed E-state index contributed by atoms with van der Waals surface area (Å²) in [5.74, 6) is 0. The van der Waals surface area contributed by atoms with Crippen LogP contribution >= 0.6 is 0 Å². The highest BCUT2D eigenvalue weighted by atomic mass is 15.1. The molecule has 312 valence electrons. The molecule has 11 aromatic carbocycles. The molecule has 0 fully saturated rings. The maximum Gasteiger partial charge on any atom is 0.0553 e. The third-order valence-corrected chi connectivity index (χ3v) is 15.5. The summed E-state index contributed by atoms with van der Waals surface area (Å²) >= 11 is 0. The molecule has 2 nitrogen and oxygen atoms in total. The topological polar surface area (TPSA) is 8.17 Å². The second-order valence-electron chi connectivity index (χ2n) is 19.7. The minimum Gasteiger partial charge on any atom is -0.310 e. The first kappa shape index (κ1) is 37.4. The fraction of sp³-hybridized carbons (Fsp3) is 0.0938. The first-order valence-electron chi connectivity index (χ1n) is 23.3. The summed E-state index contributed by atoms with van der Waals surface area (Å²) < 4.78 is 2.46. The van der Waals surface area contributed by atoms with Crippen LogP contribution in [0.15, 0.2) is 206 Å². The van der Waals surface area contributed by atoms with Crippen molar-refractivity contribution in [3.63, 3.8) is 0 Å². The molecular formula is C64H46N2. The fourth-order valence-electron chi connectivity index (χ4n) is 12.3. The van der Waals surface area contributed by atoms with Gasteiger partial charge in [0.15, 0.2) is 0 Å². The molecule has 0 N–H and O–H groups in total. The predicted molar refractivity (Wildman–Crippen MR) is 280 cm³/mol. The smallest absolute Gasteiger partial charge is 0.0553 e. The van der Waals surface area contributed by atoms with Crippen molar-refractivity contribution in [1.82, 2.24) is 4.57 Å². The number of hydrogen-bond donors (Lipinski definition) is 0. The Hall–Kier alpha value is -7.94. The van der Waals surface area contributed by atoms with E-state index >= 15 is 0 Å². The van der Waals surface area contributed by atoms with Crippen LogP contribution < -0.4 is 4.90 Å². The molecule has 2 aliphatic carbocycles. The van der Waals surface area contributed by atoms with Crippen LogP contribution in [-0.4, -0.2) is 4.57 Å². The molecular weight excluding hydrogens is 797 g/mol. The molecule has 0 saturated carbocycles. The Morgan fingerprint density at radius 2 is 0.879 bits per heavy atom. The normalized spacial score (nSPS) is 14.3. The standard InChI is InChI=1S/C64H46N2/c1-63(2)54-19-10-8-17-48(54)50-32-29-46(37-56(50)63)65(47-30-33-51-49-18-9-11-20-55(49)64(3,4)57(51)38-47)45-27-23-39(24-28-45)42-26-34-58-53(35-42)62-52-31-25-41-14-12-13-40-21-22-43(61(52)60(40)41)36-59(62)66(58)44-15-6-5-7-16-44/h5-38H,1-4H3. The molecule has 2 aliphatic rings. The van der Waals surface area contributed by atoms with Gasteiger partial charge in [0, 0.05) is 44.4 Å². The lowest BCUT2D eigenvalue weighted by Crippen LogP contribution is -2.18. The number of nitrogens with zero attached hydrogens (tertiary/aromatic N) is 2. The van der Waals surface area contributed by atoms with Crippen LogP contribution in [0.4, 0.5) is 17.1 Å².